The zero-order valence-electron chi connectivity index (χ0n) is 8.92. The molecule has 1 aromatic carbocycles. The van der Waals surface area contributed by atoms with Crippen LogP contribution in [0.3, 0.4) is 0 Å². The summed E-state index contributed by atoms with van der Waals surface area (Å²) in [6, 6.07) is 9.10. The van der Waals surface area contributed by atoms with Crippen LogP contribution in [0.15, 0.2) is 28.7 Å². The summed E-state index contributed by atoms with van der Waals surface area (Å²) in [5, 5.41) is 7.62. The van der Waals surface area contributed by atoms with Crippen molar-refractivity contribution in [2.75, 3.05) is 10.6 Å². The molecule has 2 heterocycles. The fraction of sp³-hybridized carbons (Fsp3) is 0.273. The van der Waals surface area contributed by atoms with Gasteiger partial charge in [0.1, 0.15) is 0 Å². The summed E-state index contributed by atoms with van der Waals surface area (Å²) in [5.74, 6) is 0. The van der Waals surface area contributed by atoms with E-state index in [0.29, 0.717) is 12.1 Å². The molecule has 0 saturated carbocycles. The maximum Gasteiger partial charge on any atom is 0.324 e. The molecule has 1 unspecified atom stereocenters. The first kappa shape index (κ1) is 9.21. The molecule has 0 saturated heterocycles. The molecule has 0 bridgehead atoms. The number of nitrogens with zero attached hydrogens (tertiary/aromatic N) is 3. The van der Waals surface area contributed by atoms with E-state index in [2.05, 4.69) is 29.3 Å². The molecule has 1 aliphatic rings. The summed E-state index contributed by atoms with van der Waals surface area (Å²) in [7, 11) is 0. The van der Waals surface area contributed by atoms with E-state index in [9.17, 15) is 0 Å². The Balaban J connectivity index is 2.08. The van der Waals surface area contributed by atoms with Crippen LogP contribution in [0.1, 0.15) is 12.5 Å². The van der Waals surface area contributed by atoms with Crippen LogP contribution in [0, 0.1) is 0 Å². The lowest BCUT2D eigenvalue weighted by Crippen LogP contribution is -2.24. The Bertz CT molecular complexity index is 522. The lowest BCUT2D eigenvalue weighted by Gasteiger charge is -2.19. The molecule has 0 amide bonds. The van der Waals surface area contributed by atoms with E-state index in [1.165, 1.54) is 5.56 Å². The number of rotatable bonds is 1. The average Bonchev–Trinajstić information content (AvgIpc) is 2.80. The molecule has 2 aromatic rings. The van der Waals surface area contributed by atoms with E-state index in [1.807, 2.05) is 17.0 Å². The Morgan fingerprint density at radius 1 is 1.38 bits per heavy atom. The average molecular weight is 216 g/mol. The highest BCUT2D eigenvalue weighted by Crippen LogP contribution is 2.37. The van der Waals surface area contributed by atoms with Gasteiger partial charge in [0.15, 0.2) is 0 Å². The summed E-state index contributed by atoms with van der Waals surface area (Å²) in [5.41, 5.74) is 7.87. The van der Waals surface area contributed by atoms with Crippen LogP contribution in [0.25, 0.3) is 0 Å². The Morgan fingerprint density at radius 3 is 2.94 bits per heavy atom. The van der Waals surface area contributed by atoms with Gasteiger partial charge in [-0.2, -0.15) is 0 Å². The first-order valence-corrected chi connectivity index (χ1v) is 5.22. The number of para-hydroxylation sites is 1. The molecule has 1 aromatic heterocycles. The van der Waals surface area contributed by atoms with Crippen molar-refractivity contribution in [3.05, 3.63) is 29.8 Å². The van der Waals surface area contributed by atoms with Gasteiger partial charge in [0.05, 0.1) is 0 Å². The van der Waals surface area contributed by atoms with Gasteiger partial charge in [0.2, 0.25) is 0 Å². The van der Waals surface area contributed by atoms with Gasteiger partial charge in [0, 0.05) is 11.7 Å². The second-order valence-electron chi connectivity index (χ2n) is 3.97. The molecular formula is C11H12N4O. The zero-order valence-corrected chi connectivity index (χ0v) is 8.92. The van der Waals surface area contributed by atoms with E-state index in [-0.39, 0.29) is 6.01 Å². The highest BCUT2D eigenvalue weighted by molar-refractivity contribution is 5.66. The molecule has 0 fully saturated rings. The number of aromatic nitrogens is 2. The summed E-state index contributed by atoms with van der Waals surface area (Å²) >= 11 is 0. The third-order valence-corrected chi connectivity index (χ3v) is 2.84. The van der Waals surface area contributed by atoms with Gasteiger partial charge in [-0.15, -0.1) is 0 Å². The van der Waals surface area contributed by atoms with E-state index >= 15 is 0 Å². The summed E-state index contributed by atoms with van der Waals surface area (Å²) in [6.07, 6.45) is 0.985. The molecule has 5 nitrogen and oxygen atoms in total. The predicted octanol–water partition coefficient (Wildman–Crippen LogP) is 1.73. The fourth-order valence-corrected chi connectivity index (χ4v) is 2.18. The van der Waals surface area contributed by atoms with Crippen LogP contribution in [-0.4, -0.2) is 16.2 Å². The molecule has 0 aliphatic carbocycles. The van der Waals surface area contributed by atoms with Gasteiger partial charge < -0.3 is 10.2 Å². The van der Waals surface area contributed by atoms with Gasteiger partial charge >= 0.3 is 12.0 Å². The number of nitrogens with two attached hydrogens (primary N) is 1. The molecule has 1 atom stereocenters. The lowest BCUT2D eigenvalue weighted by molar-refractivity contribution is 0.553. The highest BCUT2D eigenvalue weighted by atomic mass is 16.4. The van der Waals surface area contributed by atoms with Crippen LogP contribution in [0.2, 0.25) is 0 Å². The Morgan fingerprint density at radius 2 is 2.19 bits per heavy atom. The van der Waals surface area contributed by atoms with Crippen LogP contribution in [0.5, 0.6) is 0 Å². The Kier molecular flexibility index (Phi) is 1.86. The molecule has 0 spiro atoms. The summed E-state index contributed by atoms with van der Waals surface area (Å²) in [6.45, 7) is 2.13. The number of fused-ring (bicyclic) bond motifs is 1. The van der Waals surface area contributed by atoms with Crippen LogP contribution in [0.4, 0.5) is 17.7 Å². The smallest absolute Gasteiger partial charge is 0.324 e. The Labute approximate surface area is 92.9 Å². The van der Waals surface area contributed by atoms with Crippen molar-refractivity contribution in [2.45, 2.75) is 19.4 Å². The van der Waals surface area contributed by atoms with Gasteiger partial charge in [-0.25, -0.2) is 0 Å². The lowest BCUT2D eigenvalue weighted by atomic mass is 10.1. The number of nitrogen functional groups attached to an aromatic ring is 1. The minimum Gasteiger partial charge on any atom is -0.389 e. The highest BCUT2D eigenvalue weighted by Gasteiger charge is 2.30. The number of benzene rings is 1. The largest absolute Gasteiger partial charge is 0.389 e. The molecule has 16 heavy (non-hydrogen) atoms. The van der Waals surface area contributed by atoms with Crippen molar-refractivity contribution in [1.29, 1.82) is 0 Å². The van der Waals surface area contributed by atoms with Crippen molar-refractivity contribution in [2.24, 2.45) is 0 Å². The van der Waals surface area contributed by atoms with Crippen LogP contribution < -0.4 is 10.6 Å². The molecule has 3 rings (SSSR count). The minimum atomic E-state index is 0.103. The van der Waals surface area contributed by atoms with Crippen molar-refractivity contribution >= 4 is 17.7 Å². The van der Waals surface area contributed by atoms with Gasteiger partial charge in [-0.1, -0.05) is 28.4 Å². The quantitative estimate of drug-likeness (QED) is 0.786. The van der Waals surface area contributed by atoms with Crippen molar-refractivity contribution in [1.82, 2.24) is 10.2 Å². The topological polar surface area (TPSA) is 68.2 Å². The van der Waals surface area contributed by atoms with Gasteiger partial charge in [0.25, 0.3) is 0 Å². The number of hydrogen-bond donors (Lipinski definition) is 1. The van der Waals surface area contributed by atoms with Crippen molar-refractivity contribution < 1.29 is 4.42 Å². The molecule has 82 valence electrons. The first-order valence-electron chi connectivity index (χ1n) is 5.22. The summed E-state index contributed by atoms with van der Waals surface area (Å²) in [4.78, 5) is 2.03. The monoisotopic (exact) mass is 216 g/mol. The number of hydrogen-bond acceptors (Lipinski definition) is 5. The second kappa shape index (κ2) is 3.23. The zero-order chi connectivity index (χ0) is 11.1. The molecule has 1 aliphatic heterocycles. The molecule has 0 radical (unpaired) electrons. The van der Waals surface area contributed by atoms with Gasteiger partial charge in [-0.3, -0.25) is 4.90 Å². The maximum atomic E-state index is 5.44. The standard InChI is InChI=1S/C11H12N4O/c1-7-6-8-4-2-3-5-9(8)15(7)11-14-13-10(12)16-11/h2-5,7H,6H2,1H3,(H2,12,13). The van der Waals surface area contributed by atoms with Crippen molar-refractivity contribution in [3.8, 4) is 0 Å². The minimum absolute atomic E-state index is 0.103. The fourth-order valence-electron chi connectivity index (χ4n) is 2.18. The second-order valence-corrected chi connectivity index (χ2v) is 3.97. The van der Waals surface area contributed by atoms with E-state index < -0.39 is 0 Å². The third kappa shape index (κ3) is 1.25. The van der Waals surface area contributed by atoms with Crippen LogP contribution >= 0.6 is 0 Å². The maximum absolute atomic E-state index is 5.44. The van der Waals surface area contributed by atoms with E-state index in [0.717, 1.165) is 12.1 Å². The molecular weight excluding hydrogens is 204 g/mol. The van der Waals surface area contributed by atoms with E-state index in [1.54, 1.807) is 0 Å². The SMILES string of the molecule is CC1Cc2ccccc2N1c1nnc(N)o1. The molecule has 5 heteroatoms. The molecule has 2 N–H and O–H groups in total. The Hall–Kier alpha value is -2.04. The van der Waals surface area contributed by atoms with Gasteiger partial charge in [-0.05, 0) is 25.0 Å². The summed E-state index contributed by atoms with van der Waals surface area (Å²) < 4.78 is 5.28. The number of anilines is 3. The first-order chi connectivity index (χ1) is 7.75. The van der Waals surface area contributed by atoms with Crippen molar-refractivity contribution in [3.63, 3.8) is 0 Å². The predicted molar refractivity (Wildman–Crippen MR) is 60.5 cm³/mol. The normalized spacial score (nSPS) is 18.8. The van der Waals surface area contributed by atoms with E-state index in [4.69, 9.17) is 10.2 Å². The third-order valence-electron chi connectivity index (χ3n) is 2.84. The van der Waals surface area contributed by atoms with Crippen LogP contribution in [-0.2, 0) is 6.42 Å².